The van der Waals surface area contributed by atoms with E-state index in [9.17, 15) is 0 Å². The van der Waals surface area contributed by atoms with Crippen LogP contribution in [0.1, 0.15) is 25.6 Å². The van der Waals surface area contributed by atoms with Crippen molar-refractivity contribution in [1.29, 1.82) is 0 Å². The summed E-state index contributed by atoms with van der Waals surface area (Å²) in [5.74, 6) is 1.24. The maximum Gasteiger partial charge on any atom is 0.157 e. The zero-order chi connectivity index (χ0) is 12.0. The van der Waals surface area contributed by atoms with Crippen molar-refractivity contribution >= 4 is 23.1 Å². The molecule has 6 heteroatoms. The largest absolute Gasteiger partial charge is 0.396 e. The van der Waals surface area contributed by atoms with E-state index in [1.165, 1.54) is 0 Å². The molecule has 1 heterocycles. The van der Waals surface area contributed by atoms with E-state index in [2.05, 4.69) is 15.3 Å². The number of halogens is 1. The highest BCUT2D eigenvalue weighted by Gasteiger charge is 2.09. The molecule has 16 heavy (non-hydrogen) atoms. The average Bonchev–Trinajstić information content (AvgIpc) is 2.25. The van der Waals surface area contributed by atoms with E-state index in [1.807, 2.05) is 6.92 Å². The van der Waals surface area contributed by atoms with Gasteiger partial charge in [0, 0.05) is 19.6 Å². The van der Waals surface area contributed by atoms with E-state index < -0.39 is 0 Å². The lowest BCUT2D eigenvalue weighted by Gasteiger charge is -2.10. The number of hydrogen-bond donors (Lipinski definition) is 3. The summed E-state index contributed by atoms with van der Waals surface area (Å²) in [6, 6.07) is 0. The van der Waals surface area contributed by atoms with Crippen molar-refractivity contribution in [2.45, 2.75) is 26.2 Å². The second-order valence-corrected chi connectivity index (χ2v) is 3.80. The lowest BCUT2D eigenvalue weighted by molar-refractivity contribution is 0.292. The summed E-state index contributed by atoms with van der Waals surface area (Å²) in [5.41, 5.74) is 6.11. The first-order valence-electron chi connectivity index (χ1n) is 5.35. The molecule has 4 N–H and O–H groups in total. The third kappa shape index (κ3) is 3.50. The molecule has 90 valence electrons. The zero-order valence-corrected chi connectivity index (χ0v) is 10.1. The molecule has 1 aromatic heterocycles. The van der Waals surface area contributed by atoms with Crippen molar-refractivity contribution in [3.63, 3.8) is 0 Å². The van der Waals surface area contributed by atoms with Gasteiger partial charge in [0.2, 0.25) is 0 Å². The lowest BCUT2D eigenvalue weighted by atomic mass is 10.3. The molecule has 0 saturated carbocycles. The van der Waals surface area contributed by atoms with Crippen LogP contribution in [0.15, 0.2) is 0 Å². The molecule has 5 nitrogen and oxygen atoms in total. The van der Waals surface area contributed by atoms with E-state index in [0.717, 1.165) is 12.8 Å². The quantitative estimate of drug-likeness (QED) is 0.521. The summed E-state index contributed by atoms with van der Waals surface area (Å²) in [6.45, 7) is 2.79. The fraction of sp³-hybridized carbons (Fsp3) is 0.600. The Bertz CT molecular complexity index is 346. The van der Waals surface area contributed by atoms with Crippen molar-refractivity contribution in [2.75, 3.05) is 24.2 Å². The van der Waals surface area contributed by atoms with E-state index >= 15 is 0 Å². The van der Waals surface area contributed by atoms with E-state index in [0.29, 0.717) is 30.3 Å². The van der Waals surface area contributed by atoms with Crippen molar-refractivity contribution < 1.29 is 5.11 Å². The molecular formula is C10H17ClN4O. The summed E-state index contributed by atoms with van der Waals surface area (Å²) < 4.78 is 0. The predicted octanol–water partition coefficient (Wildman–Crippen LogP) is 1.46. The lowest BCUT2D eigenvalue weighted by Crippen LogP contribution is -2.10. The SMILES string of the molecule is CCCc1nc(Cl)c(N)c(NCCCO)n1. The number of anilines is 2. The number of nitrogens with two attached hydrogens (primary N) is 1. The number of aryl methyl sites for hydroxylation is 1. The van der Waals surface area contributed by atoms with Crippen LogP contribution >= 0.6 is 11.6 Å². The molecule has 1 aromatic rings. The maximum atomic E-state index is 8.68. The number of rotatable bonds is 6. The van der Waals surface area contributed by atoms with Crippen LogP contribution in [0.4, 0.5) is 11.5 Å². The van der Waals surface area contributed by atoms with Gasteiger partial charge in [-0.05, 0) is 12.8 Å². The second-order valence-electron chi connectivity index (χ2n) is 3.45. The Morgan fingerprint density at radius 3 is 2.81 bits per heavy atom. The number of aromatic nitrogens is 2. The molecule has 0 amide bonds. The van der Waals surface area contributed by atoms with Crippen LogP contribution in [0.2, 0.25) is 5.15 Å². The standard InChI is InChI=1S/C10H17ClN4O/c1-2-4-7-14-9(11)8(12)10(15-7)13-5-3-6-16/h16H,2-6,12H2,1H3,(H,13,14,15). The first kappa shape index (κ1) is 13.0. The number of hydrogen-bond acceptors (Lipinski definition) is 5. The summed E-state index contributed by atoms with van der Waals surface area (Å²) in [5, 5.41) is 12.0. The van der Waals surface area contributed by atoms with Gasteiger partial charge in [-0.15, -0.1) is 0 Å². The number of nitrogens with one attached hydrogen (secondary N) is 1. The van der Waals surface area contributed by atoms with Crippen LogP contribution in [0.5, 0.6) is 0 Å². The third-order valence-corrected chi connectivity index (χ3v) is 2.33. The highest BCUT2D eigenvalue weighted by atomic mass is 35.5. The first-order valence-corrected chi connectivity index (χ1v) is 5.73. The molecule has 0 aliphatic carbocycles. The molecule has 0 spiro atoms. The van der Waals surface area contributed by atoms with Crippen molar-refractivity contribution in [2.24, 2.45) is 0 Å². The number of aliphatic hydroxyl groups is 1. The molecule has 0 saturated heterocycles. The van der Waals surface area contributed by atoms with Gasteiger partial charge in [-0.1, -0.05) is 18.5 Å². The van der Waals surface area contributed by atoms with Crippen LogP contribution in [0.25, 0.3) is 0 Å². The third-order valence-electron chi connectivity index (χ3n) is 2.05. The normalized spacial score (nSPS) is 10.4. The maximum absolute atomic E-state index is 8.68. The number of nitrogens with zero attached hydrogens (tertiary/aromatic N) is 2. The molecule has 0 bridgehead atoms. The molecule has 1 rings (SSSR count). The van der Waals surface area contributed by atoms with Gasteiger partial charge in [-0.3, -0.25) is 0 Å². The zero-order valence-electron chi connectivity index (χ0n) is 9.33. The smallest absolute Gasteiger partial charge is 0.157 e. The highest BCUT2D eigenvalue weighted by Crippen LogP contribution is 2.23. The monoisotopic (exact) mass is 244 g/mol. The van der Waals surface area contributed by atoms with Gasteiger partial charge >= 0.3 is 0 Å². The van der Waals surface area contributed by atoms with Gasteiger partial charge in [-0.25, -0.2) is 9.97 Å². The molecule has 0 fully saturated rings. The Kier molecular flexibility index (Phi) is 5.28. The second kappa shape index (κ2) is 6.50. The highest BCUT2D eigenvalue weighted by molar-refractivity contribution is 6.32. The minimum atomic E-state index is 0.132. The fourth-order valence-electron chi connectivity index (χ4n) is 1.24. The molecule has 0 unspecified atom stereocenters. The van der Waals surface area contributed by atoms with Crippen molar-refractivity contribution in [3.05, 3.63) is 11.0 Å². The van der Waals surface area contributed by atoms with Crippen LogP contribution in [0, 0.1) is 0 Å². The van der Waals surface area contributed by atoms with Gasteiger partial charge in [0.05, 0.1) is 0 Å². The summed E-state index contributed by atoms with van der Waals surface area (Å²) in [7, 11) is 0. The predicted molar refractivity (Wildman–Crippen MR) is 65.6 cm³/mol. The Labute approximate surface area is 100 Å². The molecule has 0 atom stereocenters. The Hall–Kier alpha value is -1.07. The Morgan fingerprint density at radius 2 is 2.19 bits per heavy atom. The van der Waals surface area contributed by atoms with Gasteiger partial charge in [-0.2, -0.15) is 0 Å². The van der Waals surface area contributed by atoms with E-state index in [1.54, 1.807) is 0 Å². The molecule has 0 aliphatic heterocycles. The van der Waals surface area contributed by atoms with Crippen LogP contribution < -0.4 is 11.1 Å². The minimum absolute atomic E-state index is 0.132. The van der Waals surface area contributed by atoms with Crippen LogP contribution in [0.3, 0.4) is 0 Å². The van der Waals surface area contributed by atoms with Crippen molar-refractivity contribution in [1.82, 2.24) is 9.97 Å². The average molecular weight is 245 g/mol. The van der Waals surface area contributed by atoms with Gasteiger partial charge in [0.15, 0.2) is 11.0 Å². The summed E-state index contributed by atoms with van der Waals surface area (Å²) in [6.07, 6.45) is 2.37. The van der Waals surface area contributed by atoms with Gasteiger partial charge in [0.25, 0.3) is 0 Å². The summed E-state index contributed by atoms with van der Waals surface area (Å²) >= 11 is 5.90. The Balaban J connectivity index is 2.79. The number of aliphatic hydroxyl groups excluding tert-OH is 1. The van der Waals surface area contributed by atoms with Gasteiger partial charge < -0.3 is 16.2 Å². The molecule has 0 aromatic carbocycles. The van der Waals surface area contributed by atoms with Gasteiger partial charge in [0.1, 0.15) is 11.5 Å². The molecule has 0 aliphatic rings. The Morgan fingerprint density at radius 1 is 1.44 bits per heavy atom. The van der Waals surface area contributed by atoms with E-state index in [-0.39, 0.29) is 11.8 Å². The first-order chi connectivity index (χ1) is 7.69. The van der Waals surface area contributed by atoms with Crippen molar-refractivity contribution in [3.8, 4) is 0 Å². The van der Waals surface area contributed by atoms with Crippen LogP contribution in [-0.2, 0) is 6.42 Å². The fourth-order valence-corrected chi connectivity index (χ4v) is 1.43. The van der Waals surface area contributed by atoms with Crippen LogP contribution in [-0.4, -0.2) is 28.2 Å². The summed E-state index contributed by atoms with van der Waals surface area (Å²) in [4.78, 5) is 8.37. The van der Waals surface area contributed by atoms with E-state index in [4.69, 9.17) is 22.4 Å². The number of nitrogen functional groups attached to an aromatic ring is 1. The minimum Gasteiger partial charge on any atom is -0.396 e. The topological polar surface area (TPSA) is 84.1 Å². The molecular weight excluding hydrogens is 228 g/mol. The molecule has 0 radical (unpaired) electrons.